The Kier molecular flexibility index (Phi) is 4.63. The fraction of sp³-hybridized carbons (Fsp3) is 0.125. The molecule has 3 N–H and O–H groups in total. The zero-order chi connectivity index (χ0) is 16.1. The normalized spacial score (nSPS) is 9.91. The highest BCUT2D eigenvalue weighted by Gasteiger charge is 2.10. The Morgan fingerprint density at radius 1 is 0.955 bits per heavy atom. The molecule has 2 amide bonds. The molecule has 6 heteroatoms. The van der Waals surface area contributed by atoms with E-state index in [1.54, 1.807) is 36.4 Å². The fourth-order valence-electron chi connectivity index (χ4n) is 1.90. The highest BCUT2D eigenvalue weighted by Crippen LogP contribution is 2.26. The first-order chi connectivity index (χ1) is 10.5. The molecule has 0 saturated heterocycles. The van der Waals surface area contributed by atoms with Crippen molar-refractivity contribution in [2.45, 2.75) is 0 Å². The number of methoxy groups -OCH3 is 2. The Balaban J connectivity index is 2.25. The summed E-state index contributed by atoms with van der Waals surface area (Å²) in [6, 6.07) is 11.2. The van der Waals surface area contributed by atoms with Crippen molar-refractivity contribution in [3.63, 3.8) is 0 Å². The third-order valence-electron chi connectivity index (χ3n) is 3.02. The standard InChI is InChI=1S/C16H16N2O4/c1-21-13-7-12(8-14(9-13)22-2)18-16(20)11-5-3-4-10(6-11)15(17)19/h3-9H,1-2H3,(H2,17,19)(H,18,20). The molecule has 0 aliphatic rings. The van der Waals surface area contributed by atoms with Gasteiger partial charge in [0.2, 0.25) is 5.91 Å². The van der Waals surface area contributed by atoms with Gasteiger partial charge >= 0.3 is 0 Å². The van der Waals surface area contributed by atoms with Gasteiger partial charge in [0.05, 0.1) is 14.2 Å². The van der Waals surface area contributed by atoms with Crippen LogP contribution in [0.15, 0.2) is 42.5 Å². The van der Waals surface area contributed by atoms with Gasteiger partial charge in [0, 0.05) is 35.0 Å². The quantitative estimate of drug-likeness (QED) is 0.884. The SMILES string of the molecule is COc1cc(NC(=O)c2cccc(C(N)=O)c2)cc(OC)c1. The summed E-state index contributed by atoms with van der Waals surface area (Å²) in [7, 11) is 3.05. The first-order valence-corrected chi connectivity index (χ1v) is 6.48. The number of carbonyl (C=O) groups excluding carboxylic acids is 2. The van der Waals surface area contributed by atoms with Gasteiger partial charge in [-0.25, -0.2) is 0 Å². The van der Waals surface area contributed by atoms with Crippen LogP contribution < -0.4 is 20.5 Å². The van der Waals surface area contributed by atoms with Crippen LogP contribution in [0.3, 0.4) is 0 Å². The molecular weight excluding hydrogens is 284 g/mol. The van der Waals surface area contributed by atoms with Crippen LogP contribution in [0.4, 0.5) is 5.69 Å². The third kappa shape index (κ3) is 3.54. The molecule has 0 aliphatic carbocycles. The Labute approximate surface area is 127 Å². The van der Waals surface area contributed by atoms with E-state index >= 15 is 0 Å². The number of hydrogen-bond donors (Lipinski definition) is 2. The van der Waals surface area contributed by atoms with Crippen molar-refractivity contribution in [1.29, 1.82) is 0 Å². The molecule has 0 saturated carbocycles. The Bertz CT molecular complexity index is 691. The highest BCUT2D eigenvalue weighted by atomic mass is 16.5. The molecule has 0 unspecified atom stereocenters. The van der Waals surface area contributed by atoms with Crippen LogP contribution in [0.1, 0.15) is 20.7 Å². The summed E-state index contributed by atoms with van der Waals surface area (Å²) in [6.07, 6.45) is 0. The number of anilines is 1. The van der Waals surface area contributed by atoms with E-state index < -0.39 is 5.91 Å². The summed E-state index contributed by atoms with van der Waals surface area (Å²) in [5.74, 6) is 0.164. The van der Waals surface area contributed by atoms with E-state index in [9.17, 15) is 9.59 Å². The Morgan fingerprint density at radius 2 is 1.55 bits per heavy atom. The van der Waals surface area contributed by atoms with Crippen molar-refractivity contribution in [3.05, 3.63) is 53.6 Å². The van der Waals surface area contributed by atoms with Gasteiger partial charge in [-0.3, -0.25) is 9.59 Å². The number of benzene rings is 2. The van der Waals surface area contributed by atoms with Gasteiger partial charge in [-0.1, -0.05) is 6.07 Å². The minimum atomic E-state index is -0.585. The summed E-state index contributed by atoms with van der Waals surface area (Å²) in [5, 5.41) is 2.72. The predicted molar refractivity (Wildman–Crippen MR) is 82.5 cm³/mol. The lowest BCUT2D eigenvalue weighted by Gasteiger charge is -2.10. The molecule has 0 spiro atoms. The largest absolute Gasteiger partial charge is 0.497 e. The van der Waals surface area contributed by atoms with Crippen molar-refractivity contribution in [3.8, 4) is 11.5 Å². The van der Waals surface area contributed by atoms with Crippen LogP contribution in [-0.2, 0) is 0 Å². The topological polar surface area (TPSA) is 90.6 Å². The van der Waals surface area contributed by atoms with Gasteiger partial charge in [0.15, 0.2) is 0 Å². The lowest BCUT2D eigenvalue weighted by atomic mass is 10.1. The molecule has 0 fully saturated rings. The summed E-state index contributed by atoms with van der Waals surface area (Å²) >= 11 is 0. The first-order valence-electron chi connectivity index (χ1n) is 6.48. The number of nitrogens with two attached hydrogens (primary N) is 1. The average Bonchev–Trinajstić information content (AvgIpc) is 2.54. The second-order valence-corrected chi connectivity index (χ2v) is 4.50. The van der Waals surface area contributed by atoms with E-state index in [1.807, 2.05) is 0 Å². The molecule has 0 aromatic heterocycles. The van der Waals surface area contributed by atoms with Crippen molar-refractivity contribution >= 4 is 17.5 Å². The van der Waals surface area contributed by atoms with Gasteiger partial charge in [0.1, 0.15) is 11.5 Å². The smallest absolute Gasteiger partial charge is 0.255 e. The highest BCUT2D eigenvalue weighted by molar-refractivity contribution is 6.06. The molecule has 0 atom stereocenters. The van der Waals surface area contributed by atoms with Crippen molar-refractivity contribution in [2.75, 3.05) is 19.5 Å². The number of nitrogens with one attached hydrogen (secondary N) is 1. The molecule has 2 aromatic carbocycles. The van der Waals surface area contributed by atoms with E-state index in [0.717, 1.165) is 0 Å². The second-order valence-electron chi connectivity index (χ2n) is 4.50. The van der Waals surface area contributed by atoms with Crippen molar-refractivity contribution in [2.24, 2.45) is 5.73 Å². The number of hydrogen-bond acceptors (Lipinski definition) is 4. The van der Waals surface area contributed by atoms with E-state index in [-0.39, 0.29) is 11.5 Å². The van der Waals surface area contributed by atoms with E-state index in [4.69, 9.17) is 15.2 Å². The van der Waals surface area contributed by atoms with Crippen LogP contribution in [0.25, 0.3) is 0 Å². The first kappa shape index (κ1) is 15.4. The van der Waals surface area contributed by atoms with Crippen LogP contribution in [0, 0.1) is 0 Å². The van der Waals surface area contributed by atoms with E-state index in [0.29, 0.717) is 22.7 Å². The van der Waals surface area contributed by atoms with Crippen LogP contribution in [0.2, 0.25) is 0 Å². The molecule has 114 valence electrons. The van der Waals surface area contributed by atoms with Crippen molar-refractivity contribution < 1.29 is 19.1 Å². The molecule has 22 heavy (non-hydrogen) atoms. The molecule has 0 aliphatic heterocycles. The molecular formula is C16H16N2O4. The summed E-state index contributed by atoms with van der Waals surface area (Å²) in [4.78, 5) is 23.4. The van der Waals surface area contributed by atoms with Crippen LogP contribution in [0.5, 0.6) is 11.5 Å². The number of rotatable bonds is 5. The fourth-order valence-corrected chi connectivity index (χ4v) is 1.90. The van der Waals surface area contributed by atoms with E-state index in [1.165, 1.54) is 20.3 Å². The maximum Gasteiger partial charge on any atom is 0.255 e. The predicted octanol–water partition coefficient (Wildman–Crippen LogP) is 2.05. The molecule has 0 heterocycles. The maximum atomic E-state index is 12.2. The van der Waals surface area contributed by atoms with Gasteiger partial charge in [-0.15, -0.1) is 0 Å². The average molecular weight is 300 g/mol. The van der Waals surface area contributed by atoms with Gasteiger partial charge in [-0.2, -0.15) is 0 Å². The molecule has 2 rings (SSSR count). The van der Waals surface area contributed by atoms with Crippen LogP contribution in [-0.4, -0.2) is 26.0 Å². The lowest BCUT2D eigenvalue weighted by Crippen LogP contribution is -2.15. The second kappa shape index (κ2) is 6.62. The monoisotopic (exact) mass is 300 g/mol. The maximum absolute atomic E-state index is 12.2. The van der Waals surface area contributed by atoms with Gasteiger partial charge in [-0.05, 0) is 18.2 Å². The number of amides is 2. The minimum Gasteiger partial charge on any atom is -0.497 e. The zero-order valence-corrected chi connectivity index (χ0v) is 12.3. The lowest BCUT2D eigenvalue weighted by molar-refractivity contribution is 0.1000. The minimum absolute atomic E-state index is 0.274. The molecule has 6 nitrogen and oxygen atoms in total. The number of ether oxygens (including phenoxy) is 2. The van der Waals surface area contributed by atoms with Gasteiger partial charge < -0.3 is 20.5 Å². The van der Waals surface area contributed by atoms with E-state index in [2.05, 4.69) is 5.32 Å². The third-order valence-corrected chi connectivity index (χ3v) is 3.02. The van der Waals surface area contributed by atoms with Crippen LogP contribution >= 0.6 is 0 Å². The molecule has 2 aromatic rings. The number of primary amides is 1. The Hall–Kier alpha value is -3.02. The zero-order valence-electron chi connectivity index (χ0n) is 12.3. The summed E-state index contributed by atoms with van der Waals surface area (Å²) in [5.41, 5.74) is 6.33. The summed E-state index contributed by atoms with van der Waals surface area (Å²) in [6.45, 7) is 0. The van der Waals surface area contributed by atoms with Crippen molar-refractivity contribution in [1.82, 2.24) is 0 Å². The summed E-state index contributed by atoms with van der Waals surface area (Å²) < 4.78 is 10.3. The van der Waals surface area contributed by atoms with Gasteiger partial charge in [0.25, 0.3) is 5.91 Å². The Morgan fingerprint density at radius 3 is 2.09 bits per heavy atom. The number of carbonyl (C=O) groups is 2. The molecule has 0 radical (unpaired) electrons. The molecule has 0 bridgehead atoms.